The van der Waals surface area contributed by atoms with E-state index in [0.29, 0.717) is 34.3 Å². The van der Waals surface area contributed by atoms with E-state index in [-0.39, 0.29) is 23.2 Å². The van der Waals surface area contributed by atoms with Gasteiger partial charge in [0.25, 0.3) is 5.91 Å². The van der Waals surface area contributed by atoms with E-state index >= 15 is 0 Å². The van der Waals surface area contributed by atoms with Gasteiger partial charge in [0.15, 0.2) is 16.6 Å². The lowest BCUT2D eigenvalue weighted by Crippen LogP contribution is -2.33. The molecule has 0 N–H and O–H groups in total. The molecule has 0 spiro atoms. The fourth-order valence-electron chi connectivity index (χ4n) is 3.32. The zero-order valence-corrected chi connectivity index (χ0v) is 23.1. The molecule has 0 bridgehead atoms. The third-order valence-corrected chi connectivity index (χ3v) is 8.10. The van der Waals surface area contributed by atoms with E-state index in [1.807, 2.05) is 20.2 Å². The van der Waals surface area contributed by atoms with Crippen molar-refractivity contribution in [3.8, 4) is 11.5 Å². The number of carbonyl (C=O) groups excluding carboxylic acids is 1. The monoisotopic (exact) mass is 542 g/mol. The average molecular weight is 543 g/mol. The Hall–Kier alpha value is -2.44. The first-order valence-corrected chi connectivity index (χ1v) is 12.9. The van der Waals surface area contributed by atoms with Crippen molar-refractivity contribution in [2.45, 2.75) is 11.3 Å². The van der Waals surface area contributed by atoms with Crippen LogP contribution in [0.15, 0.2) is 41.3 Å². The van der Waals surface area contributed by atoms with E-state index < -0.39 is 10.0 Å². The molecule has 0 saturated carbocycles. The van der Waals surface area contributed by atoms with Gasteiger partial charge in [-0.1, -0.05) is 11.3 Å². The van der Waals surface area contributed by atoms with Crippen LogP contribution in [-0.4, -0.2) is 84.0 Å². The van der Waals surface area contributed by atoms with Crippen LogP contribution in [0.2, 0.25) is 0 Å². The molecule has 192 valence electrons. The fraction of sp³-hybridized carbons (Fsp3) is 0.391. The number of aromatic nitrogens is 1. The summed E-state index contributed by atoms with van der Waals surface area (Å²) >= 11 is 1.39. The van der Waals surface area contributed by atoms with Gasteiger partial charge in [0.05, 0.1) is 29.3 Å². The Morgan fingerprint density at radius 3 is 2.11 bits per heavy atom. The molecular formula is C23H31ClN4O5S2. The van der Waals surface area contributed by atoms with Crippen LogP contribution in [0.3, 0.4) is 0 Å². The lowest BCUT2D eigenvalue weighted by Gasteiger charge is -2.21. The second-order valence-electron chi connectivity index (χ2n) is 8.10. The maximum absolute atomic E-state index is 13.5. The van der Waals surface area contributed by atoms with Crippen molar-refractivity contribution in [2.75, 3.05) is 60.4 Å². The summed E-state index contributed by atoms with van der Waals surface area (Å²) < 4.78 is 37.5. The smallest absolute Gasteiger partial charge is 0.260 e. The maximum Gasteiger partial charge on any atom is 0.260 e. The molecule has 0 saturated heterocycles. The number of methoxy groups -OCH3 is 2. The summed E-state index contributed by atoms with van der Waals surface area (Å²) in [5.74, 6) is 0.911. The summed E-state index contributed by atoms with van der Waals surface area (Å²) in [5, 5.41) is 0.555. The highest BCUT2D eigenvalue weighted by Crippen LogP contribution is 2.37. The molecule has 3 aromatic rings. The van der Waals surface area contributed by atoms with E-state index in [9.17, 15) is 13.2 Å². The molecule has 3 rings (SSSR count). The second-order valence-corrected chi connectivity index (χ2v) is 11.3. The van der Waals surface area contributed by atoms with Gasteiger partial charge in [0.2, 0.25) is 10.0 Å². The number of nitrogens with zero attached hydrogens (tertiary/aromatic N) is 4. The fourth-order valence-corrected chi connectivity index (χ4v) is 5.23. The van der Waals surface area contributed by atoms with Crippen LogP contribution in [0, 0.1) is 0 Å². The van der Waals surface area contributed by atoms with Crippen LogP contribution in [0.5, 0.6) is 11.5 Å². The molecule has 12 heteroatoms. The molecule has 9 nitrogen and oxygen atoms in total. The SMILES string of the molecule is COc1cc2nc(N(CCCN(C)C)C(=O)c3ccc(S(=O)(=O)N(C)C)cc3)sc2cc1OC.Cl. The molecule has 0 fully saturated rings. The summed E-state index contributed by atoms with van der Waals surface area (Å²) in [7, 11) is 6.46. The summed E-state index contributed by atoms with van der Waals surface area (Å²) in [6, 6.07) is 9.62. The van der Waals surface area contributed by atoms with Gasteiger partial charge in [0.1, 0.15) is 0 Å². The third-order valence-electron chi connectivity index (χ3n) is 5.23. The van der Waals surface area contributed by atoms with E-state index in [0.717, 1.165) is 22.0 Å². The van der Waals surface area contributed by atoms with E-state index in [4.69, 9.17) is 14.5 Å². The molecule has 0 aliphatic carbocycles. The van der Waals surface area contributed by atoms with Crippen molar-refractivity contribution in [1.82, 2.24) is 14.2 Å². The third kappa shape index (κ3) is 6.42. The minimum absolute atomic E-state index is 0. The van der Waals surface area contributed by atoms with Crippen molar-refractivity contribution < 1.29 is 22.7 Å². The standard InChI is InChI=1S/C23H30N4O5S2.ClH/c1-25(2)12-7-13-27(22(28)16-8-10-17(11-9-16)34(29,30)26(3)4)23-24-18-14-19(31-5)20(32-6)15-21(18)33-23;/h8-11,14-15H,7,12-13H2,1-6H3;1H. The normalized spacial score (nSPS) is 11.5. The number of ether oxygens (including phenoxy) is 2. The van der Waals surface area contributed by atoms with Crippen molar-refractivity contribution in [2.24, 2.45) is 0 Å². The maximum atomic E-state index is 13.5. The molecule has 35 heavy (non-hydrogen) atoms. The summed E-state index contributed by atoms with van der Waals surface area (Å²) in [6.07, 6.45) is 0.744. The van der Waals surface area contributed by atoms with Crippen LogP contribution in [-0.2, 0) is 10.0 Å². The number of amides is 1. The number of hydrogen-bond donors (Lipinski definition) is 0. The Morgan fingerprint density at radius 2 is 1.57 bits per heavy atom. The lowest BCUT2D eigenvalue weighted by atomic mass is 10.2. The number of benzene rings is 2. The summed E-state index contributed by atoms with van der Waals surface area (Å²) in [6.45, 7) is 1.26. The van der Waals surface area contributed by atoms with Crippen molar-refractivity contribution in [1.29, 1.82) is 0 Å². The van der Waals surface area contributed by atoms with Crippen LogP contribution < -0.4 is 14.4 Å². The van der Waals surface area contributed by atoms with Crippen molar-refractivity contribution >= 4 is 55.0 Å². The quantitative estimate of drug-likeness (QED) is 0.386. The van der Waals surface area contributed by atoms with Crippen molar-refractivity contribution in [3.05, 3.63) is 42.0 Å². The van der Waals surface area contributed by atoms with Gasteiger partial charge in [-0.2, -0.15) is 0 Å². The topological polar surface area (TPSA) is 92.3 Å². The number of sulfonamides is 1. The van der Waals surface area contributed by atoms with Crippen LogP contribution >= 0.6 is 23.7 Å². The highest BCUT2D eigenvalue weighted by molar-refractivity contribution is 7.89. The number of anilines is 1. The molecule has 0 atom stereocenters. The Balaban J connectivity index is 0.00000432. The molecule has 0 aliphatic heterocycles. The Labute approximate surface area is 216 Å². The van der Waals surface area contributed by atoms with Gasteiger partial charge >= 0.3 is 0 Å². The Morgan fingerprint density at radius 1 is 0.971 bits per heavy atom. The molecule has 2 aromatic carbocycles. The van der Waals surface area contributed by atoms with Gasteiger partial charge in [-0.25, -0.2) is 17.7 Å². The van der Waals surface area contributed by atoms with E-state index in [1.54, 1.807) is 25.2 Å². The number of hydrogen-bond acceptors (Lipinski definition) is 8. The zero-order valence-electron chi connectivity index (χ0n) is 20.6. The van der Waals surface area contributed by atoms with Crippen LogP contribution in [0.4, 0.5) is 5.13 Å². The van der Waals surface area contributed by atoms with E-state index in [1.165, 1.54) is 49.7 Å². The first-order chi connectivity index (χ1) is 16.1. The predicted molar refractivity (Wildman–Crippen MR) is 142 cm³/mol. The Bertz CT molecular complexity index is 1220. The van der Waals surface area contributed by atoms with Crippen LogP contribution in [0.25, 0.3) is 10.2 Å². The highest BCUT2D eigenvalue weighted by atomic mass is 35.5. The van der Waals surface area contributed by atoms with Gasteiger partial charge < -0.3 is 14.4 Å². The molecule has 0 aliphatic rings. The molecule has 1 amide bonds. The molecule has 1 heterocycles. The zero-order chi connectivity index (χ0) is 25.0. The van der Waals surface area contributed by atoms with Gasteiger partial charge in [-0.15, -0.1) is 12.4 Å². The molecule has 1 aromatic heterocycles. The highest BCUT2D eigenvalue weighted by Gasteiger charge is 2.23. The molecule has 0 radical (unpaired) electrons. The number of carbonyl (C=O) groups is 1. The van der Waals surface area contributed by atoms with Crippen molar-refractivity contribution in [3.63, 3.8) is 0 Å². The predicted octanol–water partition coefficient (Wildman–Crippen LogP) is 3.58. The first kappa shape index (κ1) is 28.8. The number of thiazole rings is 1. The number of halogens is 1. The summed E-state index contributed by atoms with van der Waals surface area (Å²) in [5.41, 5.74) is 1.09. The second kappa shape index (κ2) is 12.0. The minimum atomic E-state index is -3.58. The van der Waals surface area contributed by atoms with Gasteiger partial charge in [-0.05, 0) is 51.3 Å². The summed E-state index contributed by atoms with van der Waals surface area (Å²) in [4.78, 5) is 22.0. The first-order valence-electron chi connectivity index (χ1n) is 10.6. The minimum Gasteiger partial charge on any atom is -0.493 e. The van der Waals surface area contributed by atoms with Crippen LogP contribution in [0.1, 0.15) is 16.8 Å². The molecule has 0 unspecified atom stereocenters. The largest absolute Gasteiger partial charge is 0.493 e. The van der Waals surface area contributed by atoms with E-state index in [2.05, 4.69) is 4.90 Å². The lowest BCUT2D eigenvalue weighted by molar-refractivity contribution is 0.0986. The number of rotatable bonds is 10. The Kier molecular flexibility index (Phi) is 9.87. The average Bonchev–Trinajstić information content (AvgIpc) is 3.22. The molecular weight excluding hydrogens is 512 g/mol. The van der Waals surface area contributed by atoms with Gasteiger partial charge in [0, 0.05) is 38.3 Å². The number of fused-ring (bicyclic) bond motifs is 1. The van der Waals surface area contributed by atoms with Gasteiger partial charge in [-0.3, -0.25) is 9.69 Å².